The van der Waals surface area contributed by atoms with E-state index in [9.17, 15) is 0 Å². The molecule has 0 aliphatic carbocycles. The van der Waals surface area contributed by atoms with Gasteiger partial charge in [-0.1, -0.05) is 48.2 Å². The summed E-state index contributed by atoms with van der Waals surface area (Å²) in [6.07, 6.45) is 6.00. The first-order valence-corrected chi connectivity index (χ1v) is 12.4. The molecule has 0 N–H and O–H groups in total. The topological polar surface area (TPSA) is 18.5 Å². The summed E-state index contributed by atoms with van der Waals surface area (Å²) in [5, 5.41) is 4.28. The van der Waals surface area contributed by atoms with Crippen molar-refractivity contribution in [1.29, 1.82) is 0 Å². The van der Waals surface area contributed by atoms with E-state index < -0.39 is 0 Å². The molecule has 2 aromatic carbocycles. The van der Waals surface area contributed by atoms with Gasteiger partial charge in [-0.2, -0.15) is 11.3 Å². The fraction of sp³-hybridized carbons (Fsp3) is 0.333. The van der Waals surface area contributed by atoms with Crippen LogP contribution < -0.4 is 4.74 Å². The third kappa shape index (κ3) is 8.92. The highest BCUT2D eigenvalue weighted by Gasteiger charge is 2.09. The first kappa shape index (κ1) is 24.8. The summed E-state index contributed by atoms with van der Waals surface area (Å²) in [4.78, 5) is 0. The molecule has 1 atom stereocenters. The molecule has 0 saturated carbocycles. The number of hydrogen-bond acceptors (Lipinski definition) is 3. The first-order chi connectivity index (χ1) is 15.9. The van der Waals surface area contributed by atoms with Crippen LogP contribution in [-0.2, 0) is 17.8 Å². The van der Waals surface area contributed by atoms with Gasteiger partial charge in [-0.05, 0) is 103 Å². The second-order valence-corrected chi connectivity index (χ2v) is 10.1. The fourth-order valence-electron chi connectivity index (χ4n) is 3.56. The Bertz CT molecular complexity index is 1080. The minimum atomic E-state index is 0.0297. The Morgan fingerprint density at radius 1 is 1.00 bits per heavy atom. The van der Waals surface area contributed by atoms with Crippen LogP contribution in [0.5, 0.6) is 5.75 Å². The Morgan fingerprint density at radius 2 is 1.82 bits per heavy atom. The summed E-state index contributed by atoms with van der Waals surface area (Å²) in [6, 6.07) is 19.1. The van der Waals surface area contributed by atoms with E-state index in [0.717, 1.165) is 25.2 Å². The molecule has 1 heterocycles. The molecule has 33 heavy (non-hydrogen) atoms. The molecule has 0 fully saturated rings. The minimum Gasteiger partial charge on any atom is -0.489 e. The lowest BCUT2D eigenvalue weighted by atomic mass is 9.96. The lowest BCUT2D eigenvalue weighted by Gasteiger charge is -2.15. The molecule has 0 spiro atoms. The Morgan fingerprint density at radius 3 is 2.58 bits per heavy atom. The molecular weight excluding hydrogens is 424 g/mol. The van der Waals surface area contributed by atoms with Gasteiger partial charge < -0.3 is 9.47 Å². The zero-order valence-corrected chi connectivity index (χ0v) is 21.0. The highest BCUT2D eigenvalue weighted by atomic mass is 32.1. The summed E-state index contributed by atoms with van der Waals surface area (Å²) in [5.74, 6) is 7.69. The van der Waals surface area contributed by atoms with Crippen molar-refractivity contribution in [1.82, 2.24) is 0 Å². The zero-order chi connectivity index (χ0) is 23.5. The fourth-order valence-corrected chi connectivity index (χ4v) is 4.22. The number of methoxy groups -OCH3 is 1. The van der Waals surface area contributed by atoms with Crippen molar-refractivity contribution in [3.05, 3.63) is 88.6 Å². The first-order valence-electron chi connectivity index (χ1n) is 11.4. The van der Waals surface area contributed by atoms with Gasteiger partial charge in [0.2, 0.25) is 0 Å². The molecule has 0 aliphatic heterocycles. The van der Waals surface area contributed by atoms with E-state index in [-0.39, 0.29) is 5.41 Å². The molecule has 2 nitrogen and oxygen atoms in total. The monoisotopic (exact) mass is 458 g/mol. The van der Waals surface area contributed by atoms with Crippen molar-refractivity contribution in [2.45, 2.75) is 40.2 Å². The zero-order valence-electron chi connectivity index (χ0n) is 20.1. The number of hydrogen-bond donors (Lipinski definition) is 0. The van der Waals surface area contributed by atoms with E-state index in [1.165, 1.54) is 22.3 Å². The van der Waals surface area contributed by atoms with Crippen molar-refractivity contribution >= 4 is 11.3 Å². The summed E-state index contributed by atoms with van der Waals surface area (Å²) >= 11 is 1.72. The Kier molecular flexibility index (Phi) is 9.36. The molecule has 0 aliphatic rings. The van der Waals surface area contributed by atoms with Gasteiger partial charge in [0, 0.05) is 19.1 Å². The molecular formula is C30H34O2S. The highest BCUT2D eigenvalue weighted by molar-refractivity contribution is 7.08. The average Bonchev–Trinajstić information content (AvgIpc) is 3.32. The van der Waals surface area contributed by atoms with Crippen molar-refractivity contribution in [3.63, 3.8) is 0 Å². The molecule has 0 bridgehead atoms. The van der Waals surface area contributed by atoms with Crippen LogP contribution in [-0.4, -0.2) is 13.7 Å². The lowest BCUT2D eigenvalue weighted by Crippen LogP contribution is -2.10. The standard InChI is InChI=1S/C30H34O2S/c1-30(2,3)16-7-5-6-10-25(21-31-4)18-24-11-9-14-29(20-24)32-22-26-12-8-13-27(19-26)28-15-17-33-23-28/h5-6,8-9,11-15,17,19-20,23,25H,10,18,21-22H2,1-4H3. The Hall–Kier alpha value is -2.80. The highest BCUT2D eigenvalue weighted by Crippen LogP contribution is 2.24. The molecule has 0 radical (unpaired) electrons. The van der Waals surface area contributed by atoms with Crippen LogP contribution in [0.3, 0.4) is 0 Å². The van der Waals surface area contributed by atoms with Crippen LogP contribution in [0.25, 0.3) is 11.1 Å². The average molecular weight is 459 g/mol. The molecule has 0 amide bonds. The molecule has 0 saturated heterocycles. The number of rotatable bonds is 10. The predicted octanol–water partition coefficient (Wildman–Crippen LogP) is 7.80. The summed E-state index contributed by atoms with van der Waals surface area (Å²) in [5.41, 5.74) is 4.95. The minimum absolute atomic E-state index is 0.0297. The van der Waals surface area contributed by atoms with E-state index in [1.54, 1.807) is 18.4 Å². The second-order valence-electron chi connectivity index (χ2n) is 9.33. The Balaban J connectivity index is 1.58. The Labute approximate surface area is 203 Å². The second kappa shape index (κ2) is 12.4. The van der Waals surface area contributed by atoms with Gasteiger partial charge in [0.15, 0.2) is 0 Å². The van der Waals surface area contributed by atoms with E-state index in [4.69, 9.17) is 9.47 Å². The predicted molar refractivity (Wildman–Crippen MR) is 141 cm³/mol. The lowest BCUT2D eigenvalue weighted by molar-refractivity contribution is 0.153. The van der Waals surface area contributed by atoms with Crippen LogP contribution in [0.1, 0.15) is 38.3 Å². The maximum absolute atomic E-state index is 6.13. The van der Waals surface area contributed by atoms with Crippen LogP contribution in [0.4, 0.5) is 0 Å². The van der Waals surface area contributed by atoms with Gasteiger partial charge in [-0.15, -0.1) is 0 Å². The van der Waals surface area contributed by atoms with Gasteiger partial charge >= 0.3 is 0 Å². The third-order valence-electron chi connectivity index (χ3n) is 5.13. The quantitative estimate of drug-likeness (QED) is 0.289. The van der Waals surface area contributed by atoms with Crippen molar-refractivity contribution < 1.29 is 9.47 Å². The smallest absolute Gasteiger partial charge is 0.120 e. The molecule has 3 aromatic rings. The van der Waals surface area contributed by atoms with Gasteiger partial charge in [0.25, 0.3) is 0 Å². The van der Waals surface area contributed by atoms with Crippen LogP contribution in [0.2, 0.25) is 0 Å². The maximum Gasteiger partial charge on any atom is 0.120 e. The summed E-state index contributed by atoms with van der Waals surface area (Å²) in [6.45, 7) is 7.64. The number of allylic oxidation sites excluding steroid dienone is 2. The third-order valence-corrected chi connectivity index (χ3v) is 5.81. The van der Waals surface area contributed by atoms with Crippen molar-refractivity contribution in [2.75, 3.05) is 13.7 Å². The molecule has 3 heteroatoms. The van der Waals surface area contributed by atoms with Gasteiger partial charge in [-0.3, -0.25) is 0 Å². The summed E-state index contributed by atoms with van der Waals surface area (Å²) < 4.78 is 11.6. The van der Waals surface area contributed by atoms with Crippen LogP contribution >= 0.6 is 11.3 Å². The van der Waals surface area contributed by atoms with Crippen molar-refractivity contribution in [3.8, 4) is 28.7 Å². The molecule has 1 aromatic heterocycles. The molecule has 3 rings (SSSR count). The normalized spacial score (nSPS) is 12.4. The van der Waals surface area contributed by atoms with Gasteiger partial charge in [0.1, 0.15) is 12.4 Å². The van der Waals surface area contributed by atoms with Crippen molar-refractivity contribution in [2.24, 2.45) is 11.3 Å². The number of benzene rings is 2. The number of ether oxygens (including phenoxy) is 2. The van der Waals surface area contributed by atoms with E-state index in [1.807, 2.05) is 12.1 Å². The van der Waals surface area contributed by atoms with Crippen LogP contribution in [0, 0.1) is 23.2 Å². The number of thiophene rings is 1. The van der Waals surface area contributed by atoms with E-state index >= 15 is 0 Å². The van der Waals surface area contributed by atoms with E-state index in [2.05, 4.69) is 98.0 Å². The van der Waals surface area contributed by atoms with Crippen LogP contribution in [0.15, 0.2) is 77.5 Å². The maximum atomic E-state index is 6.13. The molecule has 172 valence electrons. The summed E-state index contributed by atoms with van der Waals surface area (Å²) in [7, 11) is 1.76. The largest absolute Gasteiger partial charge is 0.489 e. The SMILES string of the molecule is COCC(CC=CC#CC(C)(C)C)Cc1cccc(OCc2cccc(-c3ccsc3)c2)c1. The van der Waals surface area contributed by atoms with Gasteiger partial charge in [0.05, 0.1) is 0 Å². The van der Waals surface area contributed by atoms with E-state index in [0.29, 0.717) is 12.5 Å². The van der Waals surface area contributed by atoms with Gasteiger partial charge in [-0.25, -0.2) is 0 Å². The molecule has 1 unspecified atom stereocenters.